The standard InChI is InChI=1S/C19H19F3N4O3/c1-2-29-17(28)16(27)25-8-10-26(11-9-25)18-23-7-6-15(24-18)13-4-3-5-14(12-13)19(20,21)22/h3-7,12H,2,8-11H2,1H3. The van der Waals surface area contributed by atoms with Gasteiger partial charge < -0.3 is 14.5 Å². The third kappa shape index (κ3) is 4.82. The van der Waals surface area contributed by atoms with E-state index >= 15 is 0 Å². The van der Waals surface area contributed by atoms with Crippen LogP contribution in [0, 0.1) is 0 Å². The number of benzene rings is 1. The molecular formula is C19H19F3N4O3. The number of piperazine rings is 1. The van der Waals surface area contributed by atoms with E-state index in [0.29, 0.717) is 30.3 Å². The number of esters is 1. The topological polar surface area (TPSA) is 75.6 Å². The molecule has 0 N–H and O–H groups in total. The molecule has 1 fully saturated rings. The van der Waals surface area contributed by atoms with E-state index < -0.39 is 23.6 Å². The first-order valence-electron chi connectivity index (χ1n) is 9.01. The van der Waals surface area contributed by atoms with Crippen LogP contribution < -0.4 is 4.90 Å². The fourth-order valence-electron chi connectivity index (χ4n) is 2.95. The van der Waals surface area contributed by atoms with Crippen LogP contribution in [-0.2, 0) is 20.5 Å². The highest BCUT2D eigenvalue weighted by molar-refractivity contribution is 6.32. The Morgan fingerprint density at radius 2 is 1.86 bits per heavy atom. The molecule has 1 saturated heterocycles. The SMILES string of the molecule is CCOC(=O)C(=O)N1CCN(c2nccc(-c3cccc(C(F)(F)F)c3)n2)CC1. The Kier molecular flexibility index (Phi) is 6.00. The monoisotopic (exact) mass is 408 g/mol. The second-order valence-electron chi connectivity index (χ2n) is 6.32. The molecule has 154 valence electrons. The van der Waals surface area contributed by atoms with Crippen molar-refractivity contribution in [3.05, 3.63) is 42.1 Å². The summed E-state index contributed by atoms with van der Waals surface area (Å²) >= 11 is 0. The molecule has 0 bridgehead atoms. The van der Waals surface area contributed by atoms with Crippen molar-refractivity contribution in [2.75, 3.05) is 37.7 Å². The number of rotatable bonds is 3. The second kappa shape index (κ2) is 8.46. The van der Waals surface area contributed by atoms with Crippen molar-refractivity contribution in [1.29, 1.82) is 0 Å². The van der Waals surface area contributed by atoms with Crippen molar-refractivity contribution >= 4 is 17.8 Å². The van der Waals surface area contributed by atoms with Gasteiger partial charge in [0.2, 0.25) is 5.95 Å². The first-order valence-corrected chi connectivity index (χ1v) is 9.01. The van der Waals surface area contributed by atoms with Gasteiger partial charge in [-0.15, -0.1) is 0 Å². The van der Waals surface area contributed by atoms with Crippen LogP contribution in [0.1, 0.15) is 12.5 Å². The zero-order valence-corrected chi connectivity index (χ0v) is 15.6. The number of halogens is 3. The minimum Gasteiger partial charge on any atom is -0.459 e. The Labute approximate surface area is 165 Å². The molecule has 1 aliphatic rings. The lowest BCUT2D eigenvalue weighted by Crippen LogP contribution is -2.51. The molecular weight excluding hydrogens is 389 g/mol. The number of carbonyl (C=O) groups is 2. The van der Waals surface area contributed by atoms with Crippen LogP contribution in [0.4, 0.5) is 19.1 Å². The Bertz CT molecular complexity index is 896. The van der Waals surface area contributed by atoms with Gasteiger partial charge in [0.05, 0.1) is 17.9 Å². The molecule has 0 spiro atoms. The van der Waals surface area contributed by atoms with Crippen molar-refractivity contribution in [2.45, 2.75) is 13.1 Å². The van der Waals surface area contributed by atoms with Crippen LogP contribution in [0.2, 0.25) is 0 Å². The maximum Gasteiger partial charge on any atom is 0.416 e. The predicted octanol–water partition coefficient (Wildman–Crippen LogP) is 2.37. The Hall–Kier alpha value is -3.17. The lowest BCUT2D eigenvalue weighted by molar-refractivity contribution is -0.160. The van der Waals surface area contributed by atoms with E-state index in [4.69, 9.17) is 4.74 Å². The Morgan fingerprint density at radius 1 is 1.14 bits per heavy atom. The van der Waals surface area contributed by atoms with Gasteiger partial charge in [0.15, 0.2) is 0 Å². The molecule has 0 unspecified atom stereocenters. The summed E-state index contributed by atoms with van der Waals surface area (Å²) in [6, 6.07) is 6.48. The molecule has 0 aliphatic carbocycles. The molecule has 1 amide bonds. The zero-order valence-electron chi connectivity index (χ0n) is 15.6. The normalized spacial score (nSPS) is 14.6. The molecule has 29 heavy (non-hydrogen) atoms. The lowest BCUT2D eigenvalue weighted by Gasteiger charge is -2.34. The van der Waals surface area contributed by atoms with Crippen molar-refractivity contribution in [3.63, 3.8) is 0 Å². The molecule has 2 heterocycles. The van der Waals surface area contributed by atoms with Gasteiger partial charge in [-0.3, -0.25) is 4.79 Å². The number of hydrogen-bond donors (Lipinski definition) is 0. The molecule has 7 nitrogen and oxygen atoms in total. The smallest absolute Gasteiger partial charge is 0.416 e. The molecule has 1 aliphatic heterocycles. The summed E-state index contributed by atoms with van der Waals surface area (Å²) in [6.07, 6.45) is -2.96. The first kappa shape index (κ1) is 20.6. The van der Waals surface area contributed by atoms with E-state index in [0.717, 1.165) is 12.1 Å². The van der Waals surface area contributed by atoms with Gasteiger partial charge in [-0.05, 0) is 25.1 Å². The van der Waals surface area contributed by atoms with E-state index in [1.807, 2.05) is 4.90 Å². The predicted molar refractivity (Wildman–Crippen MR) is 97.9 cm³/mol. The van der Waals surface area contributed by atoms with Crippen LogP contribution in [0.25, 0.3) is 11.3 Å². The van der Waals surface area contributed by atoms with Crippen LogP contribution in [0.15, 0.2) is 36.5 Å². The highest BCUT2D eigenvalue weighted by Crippen LogP contribution is 2.32. The molecule has 1 aromatic heterocycles. The van der Waals surface area contributed by atoms with Crippen molar-refractivity contribution < 1.29 is 27.5 Å². The summed E-state index contributed by atoms with van der Waals surface area (Å²) in [5.41, 5.74) is -0.0491. The number of alkyl halides is 3. The number of anilines is 1. The van der Waals surface area contributed by atoms with Crippen molar-refractivity contribution in [2.24, 2.45) is 0 Å². The van der Waals surface area contributed by atoms with E-state index in [-0.39, 0.29) is 19.7 Å². The number of nitrogens with zero attached hydrogens (tertiary/aromatic N) is 4. The molecule has 10 heteroatoms. The van der Waals surface area contributed by atoms with Gasteiger partial charge in [0.1, 0.15) is 0 Å². The fraction of sp³-hybridized carbons (Fsp3) is 0.368. The number of aromatic nitrogens is 2. The number of hydrogen-bond acceptors (Lipinski definition) is 6. The maximum absolute atomic E-state index is 13.0. The first-order chi connectivity index (χ1) is 13.8. The molecule has 1 aromatic carbocycles. The summed E-state index contributed by atoms with van der Waals surface area (Å²) < 4.78 is 43.6. The highest BCUT2D eigenvalue weighted by atomic mass is 19.4. The van der Waals surface area contributed by atoms with E-state index in [1.165, 1.54) is 17.2 Å². The average molecular weight is 408 g/mol. The van der Waals surface area contributed by atoms with Crippen LogP contribution in [0.3, 0.4) is 0 Å². The van der Waals surface area contributed by atoms with E-state index in [2.05, 4.69) is 9.97 Å². The lowest BCUT2D eigenvalue weighted by atomic mass is 10.1. The number of carbonyl (C=O) groups excluding carboxylic acids is 2. The summed E-state index contributed by atoms with van der Waals surface area (Å²) in [5, 5.41) is 0. The van der Waals surface area contributed by atoms with E-state index in [1.54, 1.807) is 19.1 Å². The quantitative estimate of drug-likeness (QED) is 0.574. The molecule has 0 atom stereocenters. The summed E-state index contributed by atoms with van der Waals surface area (Å²) in [4.78, 5) is 35.3. The summed E-state index contributed by atoms with van der Waals surface area (Å²) in [6.45, 7) is 3.09. The third-order valence-corrected chi connectivity index (χ3v) is 4.43. The minimum atomic E-state index is -4.44. The van der Waals surface area contributed by atoms with Crippen LogP contribution in [0.5, 0.6) is 0 Å². The summed E-state index contributed by atoms with van der Waals surface area (Å²) in [7, 11) is 0. The van der Waals surface area contributed by atoms with Crippen LogP contribution >= 0.6 is 0 Å². The molecule has 2 aromatic rings. The second-order valence-corrected chi connectivity index (χ2v) is 6.32. The third-order valence-electron chi connectivity index (χ3n) is 4.43. The average Bonchev–Trinajstić information content (AvgIpc) is 2.73. The maximum atomic E-state index is 13.0. The van der Waals surface area contributed by atoms with Gasteiger partial charge in [-0.25, -0.2) is 14.8 Å². The fourth-order valence-corrected chi connectivity index (χ4v) is 2.95. The highest BCUT2D eigenvalue weighted by Gasteiger charge is 2.31. The van der Waals surface area contributed by atoms with E-state index in [9.17, 15) is 22.8 Å². The minimum absolute atomic E-state index is 0.126. The molecule has 0 radical (unpaired) electrons. The van der Waals surface area contributed by atoms with Crippen molar-refractivity contribution in [1.82, 2.24) is 14.9 Å². The number of amides is 1. The van der Waals surface area contributed by atoms with Gasteiger partial charge in [0.25, 0.3) is 0 Å². The van der Waals surface area contributed by atoms with Gasteiger partial charge in [-0.2, -0.15) is 13.2 Å². The van der Waals surface area contributed by atoms with Gasteiger partial charge in [-0.1, -0.05) is 12.1 Å². The van der Waals surface area contributed by atoms with Gasteiger partial charge in [0, 0.05) is 37.9 Å². The van der Waals surface area contributed by atoms with Crippen molar-refractivity contribution in [3.8, 4) is 11.3 Å². The van der Waals surface area contributed by atoms with Gasteiger partial charge >= 0.3 is 18.1 Å². The summed E-state index contributed by atoms with van der Waals surface area (Å²) in [5.74, 6) is -1.22. The largest absolute Gasteiger partial charge is 0.459 e. The Morgan fingerprint density at radius 3 is 2.52 bits per heavy atom. The molecule has 3 rings (SSSR count). The Balaban J connectivity index is 1.72. The van der Waals surface area contributed by atoms with Crippen LogP contribution in [-0.4, -0.2) is 59.5 Å². The molecule has 0 saturated carbocycles. The number of ether oxygens (including phenoxy) is 1. The zero-order chi connectivity index (χ0) is 21.0.